The Kier molecular flexibility index (Phi) is 4.05. The first-order valence-electron chi connectivity index (χ1n) is 4.30. The summed E-state index contributed by atoms with van der Waals surface area (Å²) in [6.07, 6.45) is 0. The largest absolute Gasteiger partial charge is 0.490 e. The molecule has 90 valence electrons. The van der Waals surface area contributed by atoms with Crippen molar-refractivity contribution in [1.82, 2.24) is 0 Å². The first-order chi connectivity index (χ1) is 7.88. The van der Waals surface area contributed by atoms with Crippen molar-refractivity contribution in [2.45, 2.75) is 0 Å². The second-order valence-electron chi connectivity index (χ2n) is 3.02. The summed E-state index contributed by atoms with van der Waals surface area (Å²) in [4.78, 5) is 21.1. The van der Waals surface area contributed by atoms with Gasteiger partial charge in [0.2, 0.25) is 0 Å². The van der Waals surface area contributed by atoms with Gasteiger partial charge in [0.05, 0.1) is 17.6 Å². The molecule has 1 aromatic carbocycles. The van der Waals surface area contributed by atoms with Crippen molar-refractivity contribution in [1.29, 1.82) is 0 Å². The molecule has 0 fully saturated rings. The van der Waals surface area contributed by atoms with E-state index in [2.05, 4.69) is 4.74 Å². The number of esters is 1. The summed E-state index contributed by atoms with van der Waals surface area (Å²) >= 11 is 5.60. The summed E-state index contributed by atoms with van der Waals surface area (Å²) in [7, 11) is -0.927. The average Bonchev–Trinajstić information content (AvgIpc) is 2.27. The molecule has 0 unspecified atom stereocenters. The third kappa shape index (κ3) is 2.73. The first kappa shape index (κ1) is 13.4. The lowest BCUT2D eigenvalue weighted by atomic mass is 9.79. The molecule has 0 saturated heterocycles. The SMILES string of the molecule is COC(=O)c1cc(B(O)O)c(Cl)c([N+](=O)[O-])c1. The molecule has 0 aliphatic rings. The van der Waals surface area contributed by atoms with Crippen molar-refractivity contribution < 1.29 is 24.5 Å². The molecule has 0 amide bonds. The zero-order valence-electron chi connectivity index (χ0n) is 8.58. The van der Waals surface area contributed by atoms with Crippen LogP contribution in [0.1, 0.15) is 10.4 Å². The molecule has 9 heteroatoms. The molecule has 1 aromatic rings. The Bertz CT molecular complexity index is 477. The highest BCUT2D eigenvalue weighted by Crippen LogP contribution is 2.24. The minimum Gasteiger partial charge on any atom is -0.465 e. The van der Waals surface area contributed by atoms with E-state index in [1.165, 1.54) is 0 Å². The van der Waals surface area contributed by atoms with Gasteiger partial charge in [-0.05, 0) is 6.07 Å². The van der Waals surface area contributed by atoms with Crippen molar-refractivity contribution in [3.05, 3.63) is 32.8 Å². The molecule has 0 bridgehead atoms. The van der Waals surface area contributed by atoms with E-state index < -0.39 is 28.7 Å². The van der Waals surface area contributed by atoms with Gasteiger partial charge in [-0.2, -0.15) is 0 Å². The summed E-state index contributed by atoms with van der Waals surface area (Å²) in [5.41, 5.74) is -1.12. The standard InChI is InChI=1S/C8H7BClNO6/c1-17-8(12)4-2-5(9(13)14)7(10)6(3-4)11(15)16/h2-3,13-14H,1H3. The van der Waals surface area contributed by atoms with Gasteiger partial charge >= 0.3 is 13.1 Å². The molecule has 0 saturated carbocycles. The van der Waals surface area contributed by atoms with Crippen LogP contribution in [0.25, 0.3) is 0 Å². The maximum Gasteiger partial charge on any atom is 0.490 e. The van der Waals surface area contributed by atoms with Gasteiger partial charge in [0, 0.05) is 11.5 Å². The number of carbonyl (C=O) groups excluding carboxylic acids is 1. The number of rotatable bonds is 3. The second kappa shape index (κ2) is 5.13. The van der Waals surface area contributed by atoms with Crippen LogP contribution in [0.2, 0.25) is 5.02 Å². The quantitative estimate of drug-likeness (QED) is 0.334. The van der Waals surface area contributed by atoms with Gasteiger partial charge in [-0.25, -0.2) is 4.79 Å². The van der Waals surface area contributed by atoms with E-state index >= 15 is 0 Å². The minimum atomic E-state index is -2.02. The number of halogens is 1. The van der Waals surface area contributed by atoms with Crippen LogP contribution in [0.15, 0.2) is 12.1 Å². The zero-order valence-corrected chi connectivity index (χ0v) is 9.34. The van der Waals surface area contributed by atoms with Crippen LogP contribution < -0.4 is 5.46 Å². The number of nitro groups is 1. The van der Waals surface area contributed by atoms with Gasteiger partial charge < -0.3 is 14.8 Å². The summed E-state index contributed by atoms with van der Waals surface area (Å²) in [5, 5.41) is 28.2. The molecule has 7 nitrogen and oxygen atoms in total. The second-order valence-corrected chi connectivity index (χ2v) is 3.40. The zero-order chi connectivity index (χ0) is 13.2. The van der Waals surface area contributed by atoms with Crippen molar-refractivity contribution in [2.75, 3.05) is 7.11 Å². The summed E-state index contributed by atoms with van der Waals surface area (Å²) in [5.74, 6) is -0.841. The van der Waals surface area contributed by atoms with Crippen molar-refractivity contribution in [3.63, 3.8) is 0 Å². The van der Waals surface area contributed by atoms with Crippen molar-refractivity contribution >= 4 is 35.8 Å². The van der Waals surface area contributed by atoms with E-state index in [9.17, 15) is 14.9 Å². The van der Waals surface area contributed by atoms with Gasteiger partial charge in [-0.1, -0.05) is 11.6 Å². The number of carbonyl (C=O) groups is 1. The van der Waals surface area contributed by atoms with Crippen LogP contribution in [-0.4, -0.2) is 35.2 Å². The van der Waals surface area contributed by atoms with E-state index in [4.69, 9.17) is 21.6 Å². The predicted octanol–water partition coefficient (Wildman–Crippen LogP) is -0.285. The molecule has 1 rings (SSSR count). The maximum absolute atomic E-state index is 11.2. The van der Waals surface area contributed by atoms with Crippen LogP contribution in [-0.2, 0) is 4.74 Å². The Morgan fingerprint density at radius 2 is 2.12 bits per heavy atom. The molecule has 0 radical (unpaired) electrons. The molecule has 17 heavy (non-hydrogen) atoms. The molecule has 0 aromatic heterocycles. The van der Waals surface area contributed by atoms with E-state index in [0.717, 1.165) is 19.2 Å². The minimum absolute atomic E-state index is 0.188. The number of benzene rings is 1. The van der Waals surface area contributed by atoms with Crippen molar-refractivity contribution in [2.24, 2.45) is 0 Å². The number of hydrogen-bond acceptors (Lipinski definition) is 6. The third-order valence-electron chi connectivity index (χ3n) is 1.98. The Balaban J connectivity index is 3.47. The van der Waals surface area contributed by atoms with E-state index in [1.54, 1.807) is 0 Å². The lowest BCUT2D eigenvalue weighted by Crippen LogP contribution is -2.32. The van der Waals surface area contributed by atoms with Crippen molar-refractivity contribution in [3.8, 4) is 0 Å². The van der Waals surface area contributed by atoms with Gasteiger partial charge in [0.1, 0.15) is 5.02 Å². The number of methoxy groups -OCH3 is 1. The molecule has 0 aliphatic carbocycles. The van der Waals surface area contributed by atoms with Gasteiger partial charge in [-0.15, -0.1) is 0 Å². The molecular weight excluding hydrogens is 252 g/mol. The Morgan fingerprint density at radius 1 is 1.53 bits per heavy atom. The van der Waals surface area contributed by atoms with E-state index in [1.807, 2.05) is 0 Å². The lowest BCUT2D eigenvalue weighted by molar-refractivity contribution is -0.384. The fourth-order valence-corrected chi connectivity index (χ4v) is 1.46. The summed E-state index contributed by atoms with van der Waals surface area (Å²) in [6.45, 7) is 0. The fourth-order valence-electron chi connectivity index (χ4n) is 1.19. The third-order valence-corrected chi connectivity index (χ3v) is 2.39. The van der Waals surface area contributed by atoms with E-state index in [0.29, 0.717) is 0 Å². The Morgan fingerprint density at radius 3 is 2.53 bits per heavy atom. The number of ether oxygens (including phenoxy) is 1. The predicted molar refractivity (Wildman–Crippen MR) is 59.3 cm³/mol. The normalized spacial score (nSPS) is 9.88. The van der Waals surface area contributed by atoms with Crippen LogP contribution in [0.5, 0.6) is 0 Å². The highest BCUT2D eigenvalue weighted by molar-refractivity contribution is 6.63. The summed E-state index contributed by atoms with van der Waals surface area (Å²) in [6, 6.07) is 1.92. The Hall–Kier alpha value is -1.64. The van der Waals surface area contributed by atoms with E-state index in [-0.39, 0.29) is 11.0 Å². The lowest BCUT2D eigenvalue weighted by Gasteiger charge is -2.06. The van der Waals surface area contributed by atoms with Gasteiger partial charge in [-0.3, -0.25) is 10.1 Å². The van der Waals surface area contributed by atoms with Gasteiger partial charge in [0.25, 0.3) is 5.69 Å². The molecule has 2 N–H and O–H groups in total. The highest BCUT2D eigenvalue weighted by atomic mass is 35.5. The van der Waals surface area contributed by atoms with Crippen LogP contribution >= 0.6 is 11.6 Å². The number of nitrogens with zero attached hydrogens (tertiary/aromatic N) is 1. The number of hydrogen-bond donors (Lipinski definition) is 2. The fraction of sp³-hybridized carbons (Fsp3) is 0.125. The first-order valence-corrected chi connectivity index (χ1v) is 4.68. The molecule has 0 atom stereocenters. The topological polar surface area (TPSA) is 110 Å². The highest BCUT2D eigenvalue weighted by Gasteiger charge is 2.26. The molecular formula is C8H7BClNO6. The average molecular weight is 259 g/mol. The summed E-state index contributed by atoms with van der Waals surface area (Å²) < 4.78 is 4.38. The van der Waals surface area contributed by atoms with Crippen LogP contribution in [0.4, 0.5) is 5.69 Å². The van der Waals surface area contributed by atoms with Crippen LogP contribution in [0.3, 0.4) is 0 Å². The smallest absolute Gasteiger partial charge is 0.465 e. The van der Waals surface area contributed by atoms with Gasteiger partial charge in [0.15, 0.2) is 0 Å². The molecule has 0 heterocycles. The number of nitro benzene ring substituents is 1. The molecule has 0 spiro atoms. The van der Waals surface area contributed by atoms with Crippen LogP contribution in [0, 0.1) is 10.1 Å². The molecule has 0 aliphatic heterocycles. The monoisotopic (exact) mass is 259 g/mol. The Labute approximate surface area is 101 Å². The maximum atomic E-state index is 11.2.